The van der Waals surface area contributed by atoms with Crippen LogP contribution in [0.2, 0.25) is 0 Å². The SMILES string of the molecule is C[C@H](NC(=O)c1ccc(OCc2nccn2C)cc1)c1ccncc1. The lowest BCUT2D eigenvalue weighted by molar-refractivity contribution is 0.0940. The third-order valence-corrected chi connectivity index (χ3v) is 3.96. The molecule has 6 heteroatoms. The van der Waals surface area contributed by atoms with E-state index in [4.69, 9.17) is 4.74 Å². The average Bonchev–Trinajstić information content (AvgIpc) is 3.06. The van der Waals surface area contributed by atoms with E-state index < -0.39 is 0 Å². The first-order valence-electron chi connectivity index (χ1n) is 8.03. The predicted molar refractivity (Wildman–Crippen MR) is 94.1 cm³/mol. The fraction of sp³-hybridized carbons (Fsp3) is 0.211. The highest BCUT2D eigenvalue weighted by molar-refractivity contribution is 5.94. The Kier molecular flexibility index (Phi) is 5.09. The maximum absolute atomic E-state index is 12.3. The zero-order chi connectivity index (χ0) is 17.6. The Morgan fingerprint density at radius 1 is 1.16 bits per heavy atom. The Bertz CT molecular complexity index is 828. The topological polar surface area (TPSA) is 69.0 Å². The van der Waals surface area contributed by atoms with Crippen LogP contribution < -0.4 is 10.1 Å². The number of amides is 1. The fourth-order valence-electron chi connectivity index (χ4n) is 2.40. The van der Waals surface area contributed by atoms with E-state index >= 15 is 0 Å². The summed E-state index contributed by atoms with van der Waals surface area (Å²) in [7, 11) is 1.92. The number of imidazole rings is 1. The molecule has 0 radical (unpaired) electrons. The van der Waals surface area contributed by atoms with Gasteiger partial charge < -0.3 is 14.6 Å². The van der Waals surface area contributed by atoms with Crippen LogP contribution in [0.15, 0.2) is 61.2 Å². The summed E-state index contributed by atoms with van der Waals surface area (Å²) in [5, 5.41) is 2.97. The second kappa shape index (κ2) is 7.61. The average molecular weight is 336 g/mol. The molecule has 1 N–H and O–H groups in total. The minimum atomic E-state index is -0.125. The predicted octanol–water partition coefficient (Wildman–Crippen LogP) is 2.89. The van der Waals surface area contributed by atoms with Crippen LogP contribution in [0.3, 0.4) is 0 Å². The molecule has 6 nitrogen and oxygen atoms in total. The van der Waals surface area contributed by atoms with Gasteiger partial charge in [-0.15, -0.1) is 0 Å². The Labute approximate surface area is 146 Å². The first-order valence-corrected chi connectivity index (χ1v) is 8.03. The van der Waals surface area contributed by atoms with Crippen molar-refractivity contribution in [1.82, 2.24) is 19.9 Å². The smallest absolute Gasteiger partial charge is 0.251 e. The number of carbonyl (C=O) groups excluding carboxylic acids is 1. The van der Waals surface area contributed by atoms with Gasteiger partial charge in [0.1, 0.15) is 18.2 Å². The van der Waals surface area contributed by atoms with E-state index in [1.807, 2.05) is 36.9 Å². The molecule has 0 aliphatic heterocycles. The molecule has 2 aromatic heterocycles. The van der Waals surface area contributed by atoms with Crippen molar-refractivity contribution >= 4 is 5.91 Å². The summed E-state index contributed by atoms with van der Waals surface area (Å²) >= 11 is 0. The summed E-state index contributed by atoms with van der Waals surface area (Å²) in [6, 6.07) is 10.8. The van der Waals surface area contributed by atoms with Crippen molar-refractivity contribution in [2.45, 2.75) is 19.6 Å². The standard InChI is InChI=1S/C19H20N4O2/c1-14(15-7-9-20-10-8-15)22-19(24)16-3-5-17(6-4-16)25-13-18-21-11-12-23(18)2/h3-12,14H,13H2,1-2H3,(H,22,24)/t14-/m0/s1. The third-order valence-electron chi connectivity index (χ3n) is 3.96. The second-order valence-electron chi connectivity index (χ2n) is 5.74. The van der Waals surface area contributed by atoms with Crippen molar-refractivity contribution in [2.75, 3.05) is 0 Å². The number of aryl methyl sites for hydroxylation is 1. The molecule has 0 fully saturated rings. The summed E-state index contributed by atoms with van der Waals surface area (Å²) in [4.78, 5) is 20.5. The van der Waals surface area contributed by atoms with Crippen molar-refractivity contribution in [3.63, 3.8) is 0 Å². The van der Waals surface area contributed by atoms with Crippen LogP contribution in [0.25, 0.3) is 0 Å². The quantitative estimate of drug-likeness (QED) is 0.751. The van der Waals surface area contributed by atoms with E-state index in [0.29, 0.717) is 17.9 Å². The molecule has 3 rings (SSSR count). The van der Waals surface area contributed by atoms with E-state index in [9.17, 15) is 4.79 Å². The zero-order valence-corrected chi connectivity index (χ0v) is 14.2. The Balaban J connectivity index is 1.58. The van der Waals surface area contributed by atoms with E-state index in [1.165, 1.54) is 0 Å². The molecule has 1 aromatic carbocycles. The molecule has 0 aliphatic carbocycles. The number of ether oxygens (including phenoxy) is 1. The van der Waals surface area contributed by atoms with Crippen LogP contribution in [0.5, 0.6) is 5.75 Å². The second-order valence-corrected chi connectivity index (χ2v) is 5.74. The Morgan fingerprint density at radius 2 is 1.88 bits per heavy atom. The number of pyridine rings is 1. The molecule has 0 unspecified atom stereocenters. The number of carbonyl (C=O) groups is 1. The number of benzene rings is 1. The van der Waals surface area contributed by atoms with Gasteiger partial charge in [-0.1, -0.05) is 0 Å². The number of nitrogens with zero attached hydrogens (tertiary/aromatic N) is 3. The Hall–Kier alpha value is -3.15. The van der Waals surface area contributed by atoms with Gasteiger partial charge in [-0.25, -0.2) is 4.98 Å². The van der Waals surface area contributed by atoms with E-state index in [-0.39, 0.29) is 11.9 Å². The summed E-state index contributed by atoms with van der Waals surface area (Å²) in [6.45, 7) is 2.33. The van der Waals surface area contributed by atoms with Gasteiger partial charge in [-0.05, 0) is 48.9 Å². The number of rotatable bonds is 6. The summed E-state index contributed by atoms with van der Waals surface area (Å²) in [5.74, 6) is 1.41. The lowest BCUT2D eigenvalue weighted by Gasteiger charge is -2.14. The summed E-state index contributed by atoms with van der Waals surface area (Å²) in [5.41, 5.74) is 1.60. The molecule has 3 aromatic rings. The van der Waals surface area contributed by atoms with Crippen molar-refractivity contribution in [3.05, 3.63) is 78.1 Å². The van der Waals surface area contributed by atoms with Crippen molar-refractivity contribution in [3.8, 4) is 5.75 Å². The maximum Gasteiger partial charge on any atom is 0.251 e. The van der Waals surface area contributed by atoms with Crippen molar-refractivity contribution < 1.29 is 9.53 Å². The molecule has 1 atom stereocenters. The van der Waals surface area contributed by atoms with Crippen LogP contribution in [0, 0.1) is 0 Å². The zero-order valence-electron chi connectivity index (χ0n) is 14.2. The highest BCUT2D eigenvalue weighted by atomic mass is 16.5. The van der Waals surface area contributed by atoms with Crippen LogP contribution in [0.1, 0.15) is 34.7 Å². The van der Waals surface area contributed by atoms with Gasteiger partial charge in [0.2, 0.25) is 0 Å². The van der Waals surface area contributed by atoms with Gasteiger partial charge in [-0.3, -0.25) is 9.78 Å². The molecule has 0 saturated carbocycles. The largest absolute Gasteiger partial charge is 0.486 e. The van der Waals surface area contributed by atoms with E-state index in [0.717, 1.165) is 11.4 Å². The van der Waals surface area contributed by atoms with Gasteiger partial charge in [0.25, 0.3) is 5.91 Å². The molecule has 0 saturated heterocycles. The molecule has 0 spiro atoms. The Morgan fingerprint density at radius 3 is 2.52 bits per heavy atom. The van der Waals surface area contributed by atoms with Gasteiger partial charge in [0, 0.05) is 37.4 Å². The molecular formula is C19H20N4O2. The molecule has 128 valence electrons. The van der Waals surface area contributed by atoms with Gasteiger partial charge in [-0.2, -0.15) is 0 Å². The first-order chi connectivity index (χ1) is 12.1. The van der Waals surface area contributed by atoms with Gasteiger partial charge in [0.15, 0.2) is 0 Å². The summed E-state index contributed by atoms with van der Waals surface area (Å²) < 4.78 is 7.60. The van der Waals surface area contributed by atoms with Crippen LogP contribution in [-0.4, -0.2) is 20.4 Å². The number of aromatic nitrogens is 3. The minimum absolute atomic E-state index is 0.0881. The highest BCUT2D eigenvalue weighted by Crippen LogP contribution is 2.16. The molecular weight excluding hydrogens is 316 g/mol. The number of nitrogens with one attached hydrogen (secondary N) is 1. The monoisotopic (exact) mass is 336 g/mol. The van der Waals surface area contributed by atoms with Crippen molar-refractivity contribution in [1.29, 1.82) is 0 Å². The minimum Gasteiger partial charge on any atom is -0.486 e. The molecule has 25 heavy (non-hydrogen) atoms. The highest BCUT2D eigenvalue weighted by Gasteiger charge is 2.11. The molecule has 0 bridgehead atoms. The third kappa shape index (κ3) is 4.23. The summed E-state index contributed by atoms with van der Waals surface area (Å²) in [6.07, 6.45) is 7.03. The molecule has 1 amide bonds. The van der Waals surface area contributed by atoms with Gasteiger partial charge >= 0.3 is 0 Å². The van der Waals surface area contributed by atoms with Gasteiger partial charge in [0.05, 0.1) is 6.04 Å². The van der Waals surface area contributed by atoms with E-state index in [1.54, 1.807) is 42.9 Å². The van der Waals surface area contributed by atoms with Crippen LogP contribution >= 0.6 is 0 Å². The lowest BCUT2D eigenvalue weighted by atomic mass is 10.1. The number of hydrogen-bond donors (Lipinski definition) is 1. The molecule has 0 aliphatic rings. The van der Waals surface area contributed by atoms with Crippen LogP contribution in [0.4, 0.5) is 0 Å². The first kappa shape index (κ1) is 16.7. The lowest BCUT2D eigenvalue weighted by Crippen LogP contribution is -2.26. The fourth-order valence-corrected chi connectivity index (χ4v) is 2.40. The van der Waals surface area contributed by atoms with Crippen molar-refractivity contribution in [2.24, 2.45) is 7.05 Å². The molecule has 2 heterocycles. The van der Waals surface area contributed by atoms with Crippen LogP contribution in [-0.2, 0) is 13.7 Å². The van der Waals surface area contributed by atoms with E-state index in [2.05, 4.69) is 15.3 Å². The number of hydrogen-bond acceptors (Lipinski definition) is 4. The maximum atomic E-state index is 12.3. The normalized spacial score (nSPS) is 11.8.